The van der Waals surface area contributed by atoms with Crippen LogP contribution < -0.4 is 5.32 Å². The third-order valence-electron chi connectivity index (χ3n) is 2.10. The lowest BCUT2D eigenvalue weighted by molar-refractivity contribution is 0.953. The summed E-state index contributed by atoms with van der Waals surface area (Å²) in [6.45, 7) is 1.93. The predicted molar refractivity (Wildman–Crippen MR) is 66.7 cm³/mol. The highest BCUT2D eigenvalue weighted by molar-refractivity contribution is 7.71. The van der Waals surface area contributed by atoms with E-state index in [-0.39, 0.29) is 0 Å². The molecule has 16 heavy (non-hydrogen) atoms. The first kappa shape index (κ1) is 11.0. The lowest BCUT2D eigenvalue weighted by atomic mass is 10.2. The first-order valence-electron chi connectivity index (χ1n) is 4.60. The second kappa shape index (κ2) is 4.59. The van der Waals surface area contributed by atoms with Crippen molar-refractivity contribution in [1.82, 2.24) is 15.2 Å². The summed E-state index contributed by atoms with van der Waals surface area (Å²) in [6, 6.07) is 5.63. The average Bonchev–Trinajstić information content (AvgIpc) is 2.25. The van der Waals surface area contributed by atoms with Crippen LogP contribution in [0.5, 0.6) is 0 Å². The number of aromatic nitrogens is 3. The molecule has 1 aromatic heterocycles. The van der Waals surface area contributed by atoms with Crippen LogP contribution in [0, 0.1) is 11.7 Å². The fourth-order valence-electron chi connectivity index (χ4n) is 1.25. The molecular formula is C10H9ClN4S. The van der Waals surface area contributed by atoms with E-state index in [9.17, 15) is 0 Å². The largest absolute Gasteiger partial charge is 0.339 e. The van der Waals surface area contributed by atoms with Crippen LogP contribution in [0.25, 0.3) is 0 Å². The van der Waals surface area contributed by atoms with Gasteiger partial charge in [0.1, 0.15) is 0 Å². The molecule has 0 fully saturated rings. The number of benzene rings is 1. The van der Waals surface area contributed by atoms with Crippen LogP contribution in [0.3, 0.4) is 0 Å². The van der Waals surface area contributed by atoms with Gasteiger partial charge in [-0.25, -0.2) is 0 Å². The van der Waals surface area contributed by atoms with Crippen molar-refractivity contribution in [2.45, 2.75) is 6.92 Å². The van der Waals surface area contributed by atoms with Gasteiger partial charge in [0.2, 0.25) is 4.77 Å². The average molecular weight is 253 g/mol. The number of nitrogens with zero attached hydrogens (tertiary/aromatic N) is 2. The van der Waals surface area contributed by atoms with Crippen LogP contribution in [-0.2, 0) is 0 Å². The van der Waals surface area contributed by atoms with Crippen molar-refractivity contribution in [3.05, 3.63) is 39.8 Å². The SMILES string of the molecule is Cc1c(Cl)cccc1Nc1cn[nH]c(=S)n1. The smallest absolute Gasteiger partial charge is 0.215 e. The van der Waals surface area contributed by atoms with Gasteiger partial charge in [0.05, 0.1) is 6.20 Å². The molecule has 1 aromatic carbocycles. The Hall–Kier alpha value is -1.46. The topological polar surface area (TPSA) is 53.6 Å². The molecule has 82 valence electrons. The summed E-state index contributed by atoms with van der Waals surface area (Å²) in [7, 11) is 0. The number of anilines is 2. The van der Waals surface area contributed by atoms with Crippen molar-refractivity contribution < 1.29 is 0 Å². The molecule has 0 bridgehead atoms. The van der Waals surface area contributed by atoms with Gasteiger partial charge in [-0.3, -0.25) is 5.10 Å². The van der Waals surface area contributed by atoms with Crippen LogP contribution in [0.4, 0.5) is 11.5 Å². The molecule has 0 saturated carbocycles. The van der Waals surface area contributed by atoms with E-state index in [4.69, 9.17) is 23.8 Å². The normalized spacial score (nSPS) is 10.1. The van der Waals surface area contributed by atoms with Crippen molar-refractivity contribution in [3.63, 3.8) is 0 Å². The van der Waals surface area contributed by atoms with Crippen LogP contribution in [0.2, 0.25) is 5.02 Å². The van der Waals surface area contributed by atoms with Gasteiger partial charge in [0.15, 0.2) is 5.82 Å². The van der Waals surface area contributed by atoms with Crippen molar-refractivity contribution in [1.29, 1.82) is 0 Å². The Bertz CT molecular complexity index is 567. The van der Waals surface area contributed by atoms with Gasteiger partial charge in [-0.05, 0) is 36.8 Å². The van der Waals surface area contributed by atoms with Crippen LogP contribution >= 0.6 is 23.8 Å². The second-order valence-electron chi connectivity index (χ2n) is 3.21. The first-order valence-corrected chi connectivity index (χ1v) is 5.39. The number of rotatable bonds is 2. The zero-order valence-corrected chi connectivity index (χ0v) is 10.1. The lowest BCUT2D eigenvalue weighted by Crippen LogP contribution is -1.98. The Morgan fingerprint density at radius 3 is 3.00 bits per heavy atom. The van der Waals surface area contributed by atoms with Crippen LogP contribution in [0.1, 0.15) is 5.56 Å². The molecule has 6 heteroatoms. The van der Waals surface area contributed by atoms with E-state index in [1.807, 2.05) is 25.1 Å². The predicted octanol–water partition coefficient (Wildman–Crippen LogP) is 3.24. The minimum atomic E-state index is 0.338. The molecule has 0 aliphatic rings. The maximum absolute atomic E-state index is 6.01. The lowest BCUT2D eigenvalue weighted by Gasteiger charge is -2.08. The summed E-state index contributed by atoms with van der Waals surface area (Å²) in [6.07, 6.45) is 1.57. The number of H-pyrrole nitrogens is 1. The zero-order valence-electron chi connectivity index (χ0n) is 8.49. The van der Waals surface area contributed by atoms with Gasteiger partial charge < -0.3 is 5.32 Å². The number of halogens is 1. The first-order chi connectivity index (χ1) is 7.66. The van der Waals surface area contributed by atoms with E-state index < -0.39 is 0 Å². The molecular weight excluding hydrogens is 244 g/mol. The van der Waals surface area contributed by atoms with Gasteiger partial charge in [0, 0.05) is 10.7 Å². The molecule has 0 atom stereocenters. The highest BCUT2D eigenvalue weighted by Gasteiger charge is 2.02. The van der Waals surface area contributed by atoms with Crippen LogP contribution in [-0.4, -0.2) is 15.2 Å². The number of aromatic amines is 1. The molecule has 0 spiro atoms. The fraction of sp³-hybridized carbons (Fsp3) is 0.100. The molecule has 2 aromatic rings. The molecule has 0 amide bonds. The quantitative estimate of drug-likeness (QED) is 0.806. The van der Waals surface area contributed by atoms with Gasteiger partial charge in [-0.1, -0.05) is 17.7 Å². The molecule has 1 heterocycles. The van der Waals surface area contributed by atoms with Crippen molar-refractivity contribution in [2.24, 2.45) is 0 Å². The van der Waals surface area contributed by atoms with Gasteiger partial charge in [-0.2, -0.15) is 10.1 Å². The maximum Gasteiger partial charge on any atom is 0.215 e. The molecule has 2 rings (SSSR count). The molecule has 0 saturated heterocycles. The number of hydrogen-bond donors (Lipinski definition) is 2. The summed E-state index contributed by atoms with van der Waals surface area (Å²) >= 11 is 10.9. The van der Waals surface area contributed by atoms with E-state index in [0.717, 1.165) is 11.3 Å². The summed E-state index contributed by atoms with van der Waals surface area (Å²) in [5.74, 6) is 0.592. The van der Waals surface area contributed by atoms with E-state index in [1.165, 1.54) is 0 Å². The van der Waals surface area contributed by atoms with Gasteiger partial charge >= 0.3 is 0 Å². The highest BCUT2D eigenvalue weighted by Crippen LogP contribution is 2.24. The summed E-state index contributed by atoms with van der Waals surface area (Å²) in [5, 5.41) is 10.2. The van der Waals surface area contributed by atoms with Gasteiger partial charge in [0.25, 0.3) is 0 Å². The second-order valence-corrected chi connectivity index (χ2v) is 4.00. The van der Waals surface area contributed by atoms with E-state index in [0.29, 0.717) is 15.6 Å². The van der Waals surface area contributed by atoms with Crippen LogP contribution in [0.15, 0.2) is 24.4 Å². The highest BCUT2D eigenvalue weighted by atomic mass is 35.5. The molecule has 0 aliphatic heterocycles. The number of nitrogens with one attached hydrogen (secondary N) is 2. The van der Waals surface area contributed by atoms with E-state index in [1.54, 1.807) is 6.20 Å². The Morgan fingerprint density at radius 2 is 2.25 bits per heavy atom. The minimum Gasteiger partial charge on any atom is -0.339 e. The van der Waals surface area contributed by atoms with Crippen molar-refractivity contribution in [2.75, 3.05) is 5.32 Å². The summed E-state index contributed by atoms with van der Waals surface area (Å²) in [5.41, 5.74) is 1.85. The molecule has 0 unspecified atom stereocenters. The molecule has 0 aliphatic carbocycles. The summed E-state index contributed by atoms with van der Waals surface area (Å²) < 4.78 is 0.338. The monoisotopic (exact) mass is 252 g/mol. The van der Waals surface area contributed by atoms with Crippen molar-refractivity contribution >= 4 is 35.3 Å². The Kier molecular flexibility index (Phi) is 3.17. The summed E-state index contributed by atoms with van der Waals surface area (Å²) in [4.78, 5) is 4.08. The zero-order chi connectivity index (χ0) is 11.5. The Labute approximate surface area is 103 Å². The van der Waals surface area contributed by atoms with E-state index in [2.05, 4.69) is 20.5 Å². The minimum absolute atomic E-state index is 0.338. The Balaban J connectivity index is 2.34. The third-order valence-corrected chi connectivity index (χ3v) is 2.69. The maximum atomic E-state index is 6.01. The molecule has 0 radical (unpaired) electrons. The number of hydrogen-bond acceptors (Lipinski definition) is 4. The standard InChI is InChI=1S/C10H9ClN4S/c1-6-7(11)3-2-4-8(6)13-9-5-12-15-10(16)14-9/h2-5H,1H3,(H2,13,14,15,16). The molecule has 2 N–H and O–H groups in total. The van der Waals surface area contributed by atoms with Gasteiger partial charge in [-0.15, -0.1) is 0 Å². The van der Waals surface area contributed by atoms with E-state index >= 15 is 0 Å². The third kappa shape index (κ3) is 2.37. The van der Waals surface area contributed by atoms with Crippen molar-refractivity contribution in [3.8, 4) is 0 Å². The molecule has 4 nitrogen and oxygen atoms in total. The Morgan fingerprint density at radius 1 is 1.44 bits per heavy atom. The fourth-order valence-corrected chi connectivity index (χ4v) is 1.58.